The van der Waals surface area contributed by atoms with Crippen molar-refractivity contribution in [2.45, 2.75) is 11.3 Å². The lowest BCUT2D eigenvalue weighted by Crippen LogP contribution is -2.25. The maximum atomic E-state index is 12.0. The molecule has 1 saturated heterocycles. The first-order valence-corrected chi connectivity index (χ1v) is 7.94. The van der Waals surface area contributed by atoms with Gasteiger partial charge < -0.3 is 4.90 Å². The number of rotatable bonds is 3. The molecule has 0 radical (unpaired) electrons. The zero-order valence-corrected chi connectivity index (χ0v) is 11.8. The summed E-state index contributed by atoms with van der Waals surface area (Å²) < 4.78 is 23.7. The lowest BCUT2D eigenvalue weighted by molar-refractivity contribution is -0.117. The Hall–Kier alpha value is -2.31. The number of nitrogens with zero attached hydrogens (tertiary/aromatic N) is 4. The average Bonchev–Trinajstić information content (AvgIpc) is 2.97. The quantitative estimate of drug-likeness (QED) is 0.485. The van der Waals surface area contributed by atoms with E-state index >= 15 is 0 Å². The molecule has 7 nitrogen and oxygen atoms in total. The molecule has 1 aromatic carbocycles. The number of amides is 1. The van der Waals surface area contributed by atoms with Crippen LogP contribution in [0.2, 0.25) is 0 Å². The van der Waals surface area contributed by atoms with Crippen LogP contribution >= 0.6 is 0 Å². The molecular weight excluding hydrogens is 292 g/mol. The van der Waals surface area contributed by atoms with E-state index in [9.17, 15) is 13.2 Å². The number of carbonyl (C=O) groups is 1. The number of sulfone groups is 1. The first-order valence-electron chi connectivity index (χ1n) is 6.40. The van der Waals surface area contributed by atoms with Crippen LogP contribution in [0, 0.1) is 5.92 Å². The van der Waals surface area contributed by atoms with E-state index in [1.807, 2.05) is 0 Å². The van der Waals surface area contributed by atoms with Crippen LogP contribution in [0.5, 0.6) is 0 Å². The molecule has 3 rings (SSSR count). The third kappa shape index (κ3) is 2.39. The largest absolute Gasteiger partial charge is 0.312 e. The van der Waals surface area contributed by atoms with Gasteiger partial charge in [0.05, 0.1) is 4.90 Å². The molecule has 0 spiro atoms. The van der Waals surface area contributed by atoms with Crippen molar-refractivity contribution in [1.29, 1.82) is 0 Å². The number of anilines is 1. The highest BCUT2D eigenvalue weighted by atomic mass is 32.2. The van der Waals surface area contributed by atoms with Gasteiger partial charge in [-0.25, -0.2) is 8.42 Å². The number of fused-ring (bicyclic) bond motifs is 1. The van der Waals surface area contributed by atoms with Gasteiger partial charge >= 0.3 is 0 Å². The summed E-state index contributed by atoms with van der Waals surface area (Å²) in [5.41, 5.74) is 9.52. The van der Waals surface area contributed by atoms with Crippen molar-refractivity contribution >= 4 is 27.5 Å². The van der Waals surface area contributed by atoms with E-state index in [0.717, 1.165) is 5.41 Å². The number of hydrogen-bond donors (Lipinski definition) is 0. The second-order valence-corrected chi connectivity index (χ2v) is 6.86. The minimum atomic E-state index is -3.39. The van der Waals surface area contributed by atoms with Crippen LogP contribution in [0.1, 0.15) is 12.0 Å². The molecule has 1 atom stereocenters. The highest BCUT2D eigenvalue weighted by Crippen LogP contribution is 2.33. The van der Waals surface area contributed by atoms with Gasteiger partial charge in [0.2, 0.25) is 15.7 Å². The van der Waals surface area contributed by atoms with E-state index in [1.165, 1.54) is 6.07 Å². The fourth-order valence-corrected chi connectivity index (χ4v) is 3.84. The van der Waals surface area contributed by atoms with Crippen LogP contribution < -0.4 is 4.90 Å². The van der Waals surface area contributed by atoms with Gasteiger partial charge in [-0.2, -0.15) is 0 Å². The van der Waals surface area contributed by atoms with Crippen LogP contribution in [0.4, 0.5) is 5.69 Å². The summed E-state index contributed by atoms with van der Waals surface area (Å²) in [6.07, 6.45) is 1.85. The second kappa shape index (κ2) is 4.91. The van der Waals surface area contributed by atoms with Crippen LogP contribution in [0.15, 0.2) is 33.6 Å². The first-order chi connectivity index (χ1) is 10.0. The summed E-state index contributed by atoms with van der Waals surface area (Å²) >= 11 is 0. The van der Waals surface area contributed by atoms with Crippen molar-refractivity contribution < 1.29 is 13.2 Å². The maximum absolute atomic E-state index is 12.0. The third-order valence-electron chi connectivity index (χ3n) is 3.65. The van der Waals surface area contributed by atoms with Gasteiger partial charge in [-0.05, 0) is 35.2 Å². The van der Waals surface area contributed by atoms with Crippen molar-refractivity contribution in [2.75, 3.05) is 18.0 Å². The summed E-state index contributed by atoms with van der Waals surface area (Å²) in [7, 11) is -3.39. The second-order valence-electron chi connectivity index (χ2n) is 5.06. The fourth-order valence-electron chi connectivity index (χ4n) is 2.62. The monoisotopic (exact) mass is 304 g/mol. The van der Waals surface area contributed by atoms with E-state index < -0.39 is 9.84 Å². The molecule has 1 unspecified atom stereocenters. The van der Waals surface area contributed by atoms with Crippen molar-refractivity contribution in [2.24, 2.45) is 11.0 Å². The maximum Gasteiger partial charge on any atom is 0.227 e. The molecule has 2 aliphatic heterocycles. The Bertz CT molecular complexity index is 794. The molecule has 1 fully saturated rings. The Kier molecular flexibility index (Phi) is 3.19. The minimum absolute atomic E-state index is 0.0311. The minimum Gasteiger partial charge on any atom is -0.312 e. The van der Waals surface area contributed by atoms with Gasteiger partial charge in [-0.15, -0.1) is 0 Å². The van der Waals surface area contributed by atoms with Crippen molar-refractivity contribution in [3.63, 3.8) is 0 Å². The zero-order chi connectivity index (χ0) is 15.0. The summed E-state index contributed by atoms with van der Waals surface area (Å²) in [4.78, 5) is 16.5. The summed E-state index contributed by atoms with van der Waals surface area (Å²) in [5, 5.41) is 4.66. The molecule has 0 aromatic heterocycles. The van der Waals surface area contributed by atoms with Crippen molar-refractivity contribution in [1.82, 2.24) is 0 Å². The molecule has 0 N–H and O–H groups in total. The Morgan fingerprint density at radius 2 is 2.24 bits per heavy atom. The normalized spacial score (nSPS) is 22.2. The predicted molar refractivity (Wildman–Crippen MR) is 77.1 cm³/mol. The van der Waals surface area contributed by atoms with E-state index in [4.69, 9.17) is 5.53 Å². The highest BCUT2D eigenvalue weighted by molar-refractivity contribution is 7.94. The lowest BCUT2D eigenvalue weighted by Gasteiger charge is -2.17. The Balaban J connectivity index is 1.89. The smallest absolute Gasteiger partial charge is 0.227 e. The standard InChI is InChI=1S/C13H12N4O3S/c14-16-15-7-9-5-13(18)17(8-9)11-2-1-10-3-4-21(19,20)12(10)6-11/h1-4,6,9H,5,7-8H2. The average molecular weight is 304 g/mol. The van der Waals surface area contributed by atoms with Gasteiger partial charge in [0.1, 0.15) is 0 Å². The van der Waals surface area contributed by atoms with E-state index in [-0.39, 0.29) is 23.3 Å². The Morgan fingerprint density at radius 1 is 1.43 bits per heavy atom. The van der Waals surface area contributed by atoms with Gasteiger partial charge in [0, 0.05) is 35.5 Å². The molecule has 0 saturated carbocycles. The summed E-state index contributed by atoms with van der Waals surface area (Å²) in [6, 6.07) is 4.95. The van der Waals surface area contributed by atoms with Crippen molar-refractivity contribution in [3.8, 4) is 0 Å². The van der Waals surface area contributed by atoms with Crippen LogP contribution in [0.25, 0.3) is 16.5 Å². The van der Waals surface area contributed by atoms with Crippen molar-refractivity contribution in [3.05, 3.63) is 39.6 Å². The molecule has 0 bridgehead atoms. The number of benzene rings is 1. The third-order valence-corrected chi connectivity index (χ3v) is 5.11. The summed E-state index contributed by atoms with van der Waals surface area (Å²) in [6.45, 7) is 0.702. The topological polar surface area (TPSA) is 103 Å². The molecule has 1 amide bonds. The van der Waals surface area contributed by atoms with E-state index in [1.54, 1.807) is 23.1 Å². The van der Waals surface area contributed by atoms with Crippen LogP contribution in [0.3, 0.4) is 0 Å². The molecule has 108 valence electrons. The van der Waals surface area contributed by atoms with Gasteiger partial charge in [-0.3, -0.25) is 4.79 Å². The van der Waals surface area contributed by atoms with Crippen LogP contribution in [-0.2, 0) is 14.6 Å². The molecule has 21 heavy (non-hydrogen) atoms. The zero-order valence-electron chi connectivity index (χ0n) is 11.0. The predicted octanol–water partition coefficient (Wildman–Crippen LogP) is 2.11. The molecule has 1 aromatic rings. The van der Waals surface area contributed by atoms with Gasteiger partial charge in [0.15, 0.2) is 0 Å². The number of hydrogen-bond acceptors (Lipinski definition) is 4. The van der Waals surface area contributed by atoms with E-state index in [2.05, 4.69) is 10.0 Å². The lowest BCUT2D eigenvalue weighted by atomic mass is 10.1. The van der Waals surface area contributed by atoms with Crippen LogP contribution in [-0.4, -0.2) is 27.4 Å². The molecular formula is C13H12N4O3S. The molecule has 2 aliphatic rings. The Labute approximate surface area is 121 Å². The Morgan fingerprint density at radius 3 is 3.00 bits per heavy atom. The molecule has 8 heteroatoms. The SMILES string of the molecule is [N-]=[N+]=NCC1CC(=O)N(c2ccc3c(c2)S(=O)(=O)C=C3)C1. The molecule has 0 aliphatic carbocycles. The first kappa shape index (κ1) is 13.7. The van der Waals surface area contributed by atoms with Gasteiger partial charge in [-0.1, -0.05) is 11.2 Å². The highest BCUT2D eigenvalue weighted by Gasteiger charge is 2.31. The number of azide groups is 1. The summed E-state index contributed by atoms with van der Waals surface area (Å²) in [5.74, 6) is -0.118. The van der Waals surface area contributed by atoms with E-state index in [0.29, 0.717) is 24.2 Å². The van der Waals surface area contributed by atoms with Gasteiger partial charge in [0.25, 0.3) is 0 Å². The number of carbonyl (C=O) groups excluding carboxylic acids is 1. The molecule has 2 heterocycles. The fraction of sp³-hybridized carbons (Fsp3) is 0.308.